The molecule has 1 aromatic heterocycles. The number of benzene rings is 1. The average Bonchev–Trinajstić information content (AvgIpc) is 2.89. The Labute approximate surface area is 95.8 Å². The van der Waals surface area contributed by atoms with E-state index in [1.54, 1.807) is 0 Å². The lowest BCUT2D eigenvalue weighted by atomic mass is 10.2. The Balaban J connectivity index is 1.98. The zero-order chi connectivity index (χ0) is 11.0. The molecule has 2 heteroatoms. The third kappa shape index (κ3) is 1.63. The second-order valence-corrected chi connectivity index (χ2v) is 4.59. The molecule has 0 spiro atoms. The summed E-state index contributed by atoms with van der Waals surface area (Å²) < 4.78 is 8.09. The Bertz CT molecular complexity index is 494. The molecule has 0 bridgehead atoms. The normalized spacial score (nSPS) is 20.7. The highest BCUT2D eigenvalue weighted by atomic mass is 16.5. The van der Waals surface area contributed by atoms with Gasteiger partial charge in [0.15, 0.2) is 0 Å². The third-order valence-corrected chi connectivity index (χ3v) is 3.43. The van der Waals surface area contributed by atoms with Crippen molar-refractivity contribution in [2.45, 2.75) is 32.4 Å². The van der Waals surface area contributed by atoms with E-state index in [4.69, 9.17) is 4.74 Å². The van der Waals surface area contributed by atoms with Gasteiger partial charge in [0.05, 0.1) is 6.10 Å². The fourth-order valence-corrected chi connectivity index (χ4v) is 2.58. The smallest absolute Gasteiger partial charge is 0.0754 e. The molecule has 1 fully saturated rings. The molecule has 1 aromatic carbocycles. The number of nitrogens with zero attached hydrogens (tertiary/aromatic N) is 1. The van der Waals surface area contributed by atoms with Crippen molar-refractivity contribution in [3.8, 4) is 0 Å². The van der Waals surface area contributed by atoms with Crippen molar-refractivity contribution >= 4 is 10.9 Å². The standard InChI is InChI=1S/C14H17NO/c1-11-9-12-5-2-3-7-14(12)15(11)10-13-6-4-8-16-13/h2-3,5,7,9,13H,4,6,8,10H2,1H3. The molecular weight excluding hydrogens is 198 g/mol. The molecule has 0 amide bonds. The maximum Gasteiger partial charge on any atom is 0.0754 e. The lowest BCUT2D eigenvalue weighted by molar-refractivity contribution is 0.0976. The predicted octanol–water partition coefficient (Wildman–Crippen LogP) is 3.13. The summed E-state index contributed by atoms with van der Waals surface area (Å²) in [7, 11) is 0. The van der Waals surface area contributed by atoms with Gasteiger partial charge >= 0.3 is 0 Å². The molecule has 0 saturated carbocycles. The second kappa shape index (κ2) is 3.95. The minimum Gasteiger partial charge on any atom is -0.376 e. The first-order chi connectivity index (χ1) is 7.84. The first-order valence-corrected chi connectivity index (χ1v) is 6.01. The van der Waals surface area contributed by atoms with Crippen molar-refractivity contribution in [2.75, 3.05) is 6.61 Å². The van der Waals surface area contributed by atoms with E-state index in [0.29, 0.717) is 6.10 Å². The fraction of sp³-hybridized carbons (Fsp3) is 0.429. The number of ether oxygens (including phenoxy) is 1. The third-order valence-electron chi connectivity index (χ3n) is 3.43. The summed E-state index contributed by atoms with van der Waals surface area (Å²) >= 11 is 0. The number of rotatable bonds is 2. The molecule has 1 unspecified atom stereocenters. The van der Waals surface area contributed by atoms with Crippen molar-refractivity contribution in [3.05, 3.63) is 36.0 Å². The molecule has 2 heterocycles. The number of fused-ring (bicyclic) bond motifs is 1. The van der Waals surface area contributed by atoms with E-state index in [2.05, 4.69) is 41.8 Å². The zero-order valence-electron chi connectivity index (χ0n) is 9.65. The SMILES string of the molecule is Cc1cc2ccccc2n1CC1CCCO1. The van der Waals surface area contributed by atoms with E-state index >= 15 is 0 Å². The van der Waals surface area contributed by atoms with Gasteiger partial charge in [-0.2, -0.15) is 0 Å². The predicted molar refractivity (Wildman–Crippen MR) is 65.6 cm³/mol. The van der Waals surface area contributed by atoms with Crippen LogP contribution >= 0.6 is 0 Å². The van der Waals surface area contributed by atoms with Gasteiger partial charge in [0, 0.05) is 24.4 Å². The quantitative estimate of drug-likeness (QED) is 0.750. The van der Waals surface area contributed by atoms with Gasteiger partial charge in [-0.3, -0.25) is 0 Å². The summed E-state index contributed by atoms with van der Waals surface area (Å²) in [6.45, 7) is 4.11. The fourth-order valence-electron chi connectivity index (χ4n) is 2.58. The molecule has 3 rings (SSSR count). The number of aromatic nitrogens is 1. The molecular formula is C14H17NO. The molecule has 2 nitrogen and oxygen atoms in total. The zero-order valence-corrected chi connectivity index (χ0v) is 9.65. The van der Waals surface area contributed by atoms with Gasteiger partial charge in [-0.1, -0.05) is 18.2 Å². The van der Waals surface area contributed by atoms with Crippen molar-refractivity contribution in [1.82, 2.24) is 4.57 Å². The van der Waals surface area contributed by atoms with Crippen molar-refractivity contribution in [1.29, 1.82) is 0 Å². The number of aryl methyl sites for hydroxylation is 1. The Kier molecular flexibility index (Phi) is 2.44. The van der Waals surface area contributed by atoms with Crippen LogP contribution in [0.1, 0.15) is 18.5 Å². The molecule has 0 N–H and O–H groups in total. The van der Waals surface area contributed by atoms with E-state index in [1.807, 2.05) is 0 Å². The maximum absolute atomic E-state index is 5.71. The van der Waals surface area contributed by atoms with E-state index in [0.717, 1.165) is 13.2 Å². The number of hydrogen-bond donors (Lipinski definition) is 0. The van der Waals surface area contributed by atoms with Gasteiger partial charge < -0.3 is 9.30 Å². The Hall–Kier alpha value is -1.28. The first kappa shape index (κ1) is 9.91. The summed E-state index contributed by atoms with van der Waals surface area (Å²) in [4.78, 5) is 0. The molecule has 2 aromatic rings. The minimum absolute atomic E-state index is 0.412. The second-order valence-electron chi connectivity index (χ2n) is 4.59. The Morgan fingerprint density at radius 2 is 2.25 bits per heavy atom. The van der Waals surface area contributed by atoms with Crippen molar-refractivity contribution < 1.29 is 4.74 Å². The summed E-state index contributed by atoms with van der Waals surface area (Å²) in [5.74, 6) is 0. The summed E-state index contributed by atoms with van der Waals surface area (Å²) in [6.07, 6.45) is 2.82. The lowest BCUT2D eigenvalue weighted by Gasteiger charge is -2.13. The van der Waals surface area contributed by atoms with Crippen LogP contribution < -0.4 is 0 Å². The summed E-state index contributed by atoms with van der Waals surface area (Å²) in [5, 5.41) is 1.33. The van der Waals surface area contributed by atoms with Crippen molar-refractivity contribution in [2.24, 2.45) is 0 Å². The van der Waals surface area contributed by atoms with Crippen LogP contribution in [-0.4, -0.2) is 17.3 Å². The highest BCUT2D eigenvalue weighted by Crippen LogP contribution is 2.22. The Morgan fingerprint density at radius 1 is 1.38 bits per heavy atom. The minimum atomic E-state index is 0.412. The molecule has 1 aliphatic heterocycles. The van der Waals surface area contributed by atoms with Crippen LogP contribution in [0, 0.1) is 6.92 Å². The van der Waals surface area contributed by atoms with Crippen LogP contribution in [0.15, 0.2) is 30.3 Å². The summed E-state index contributed by atoms with van der Waals surface area (Å²) in [6, 6.07) is 10.8. The summed E-state index contributed by atoms with van der Waals surface area (Å²) in [5.41, 5.74) is 2.66. The first-order valence-electron chi connectivity index (χ1n) is 6.01. The largest absolute Gasteiger partial charge is 0.376 e. The van der Waals surface area contributed by atoms with E-state index < -0.39 is 0 Å². The molecule has 16 heavy (non-hydrogen) atoms. The lowest BCUT2D eigenvalue weighted by Crippen LogP contribution is -2.15. The van der Waals surface area contributed by atoms with Gasteiger partial charge in [-0.15, -0.1) is 0 Å². The van der Waals surface area contributed by atoms with E-state index in [9.17, 15) is 0 Å². The van der Waals surface area contributed by atoms with Crippen LogP contribution in [0.5, 0.6) is 0 Å². The van der Waals surface area contributed by atoms with Crippen LogP contribution in [0.4, 0.5) is 0 Å². The van der Waals surface area contributed by atoms with Gasteiger partial charge in [0.1, 0.15) is 0 Å². The van der Waals surface area contributed by atoms with Crippen LogP contribution in [-0.2, 0) is 11.3 Å². The molecule has 1 aliphatic rings. The number of para-hydroxylation sites is 1. The Morgan fingerprint density at radius 3 is 3.06 bits per heavy atom. The molecule has 84 valence electrons. The molecule has 0 aliphatic carbocycles. The van der Waals surface area contributed by atoms with E-state index in [1.165, 1.54) is 29.4 Å². The van der Waals surface area contributed by atoms with E-state index in [-0.39, 0.29) is 0 Å². The molecule has 0 radical (unpaired) electrons. The van der Waals surface area contributed by atoms with Gasteiger partial charge in [0.25, 0.3) is 0 Å². The van der Waals surface area contributed by atoms with Crippen LogP contribution in [0.25, 0.3) is 10.9 Å². The highest BCUT2D eigenvalue weighted by molar-refractivity contribution is 5.81. The van der Waals surface area contributed by atoms with Crippen LogP contribution in [0.2, 0.25) is 0 Å². The molecule has 1 saturated heterocycles. The van der Waals surface area contributed by atoms with Gasteiger partial charge in [-0.05, 0) is 37.3 Å². The monoisotopic (exact) mass is 215 g/mol. The number of hydrogen-bond acceptors (Lipinski definition) is 1. The van der Waals surface area contributed by atoms with Gasteiger partial charge in [-0.25, -0.2) is 0 Å². The topological polar surface area (TPSA) is 14.2 Å². The highest BCUT2D eigenvalue weighted by Gasteiger charge is 2.17. The van der Waals surface area contributed by atoms with Crippen molar-refractivity contribution in [3.63, 3.8) is 0 Å². The van der Waals surface area contributed by atoms with Gasteiger partial charge in [0.2, 0.25) is 0 Å². The van der Waals surface area contributed by atoms with Crippen LogP contribution in [0.3, 0.4) is 0 Å². The maximum atomic E-state index is 5.71. The molecule has 1 atom stereocenters. The average molecular weight is 215 g/mol.